The summed E-state index contributed by atoms with van der Waals surface area (Å²) in [5.41, 5.74) is 6.16. The molecule has 7 heteroatoms. The van der Waals surface area contributed by atoms with Crippen LogP contribution in [-0.2, 0) is 4.79 Å². The molecule has 2 N–H and O–H groups in total. The lowest BCUT2D eigenvalue weighted by Crippen LogP contribution is -2.42. The van der Waals surface area contributed by atoms with Gasteiger partial charge >= 0.3 is 0 Å². The van der Waals surface area contributed by atoms with E-state index in [1.54, 1.807) is 18.2 Å². The zero-order valence-corrected chi connectivity index (χ0v) is 15.7. The second-order valence-electron chi connectivity index (χ2n) is 5.50. The number of ether oxygens (including phenoxy) is 1. The van der Waals surface area contributed by atoms with Crippen molar-refractivity contribution in [1.82, 2.24) is 10.9 Å². The SMILES string of the molecule is CN(C)c1cccc(C(=O)NNC(=O)CCOc2cccc(Br)c2)c1. The van der Waals surface area contributed by atoms with Crippen LogP contribution in [0.15, 0.2) is 53.0 Å². The van der Waals surface area contributed by atoms with Gasteiger partial charge in [-0.3, -0.25) is 20.4 Å². The Morgan fingerprint density at radius 3 is 2.56 bits per heavy atom. The summed E-state index contributed by atoms with van der Waals surface area (Å²) in [6.07, 6.45) is 0.129. The molecule has 0 fully saturated rings. The molecule has 0 radical (unpaired) electrons. The molecule has 2 amide bonds. The molecule has 0 saturated heterocycles. The topological polar surface area (TPSA) is 70.7 Å². The predicted molar refractivity (Wildman–Crippen MR) is 101 cm³/mol. The molecule has 2 rings (SSSR count). The summed E-state index contributed by atoms with van der Waals surface area (Å²) in [6.45, 7) is 0.217. The van der Waals surface area contributed by atoms with Crippen LogP contribution in [0, 0.1) is 0 Å². The normalized spacial score (nSPS) is 10.0. The highest BCUT2D eigenvalue weighted by molar-refractivity contribution is 9.10. The Labute approximate surface area is 155 Å². The summed E-state index contributed by atoms with van der Waals surface area (Å²) in [5, 5.41) is 0. The lowest BCUT2D eigenvalue weighted by atomic mass is 10.2. The molecule has 6 nitrogen and oxygen atoms in total. The van der Waals surface area contributed by atoms with Crippen LogP contribution in [0.4, 0.5) is 5.69 Å². The van der Waals surface area contributed by atoms with Crippen LogP contribution >= 0.6 is 15.9 Å². The number of carbonyl (C=O) groups excluding carboxylic acids is 2. The summed E-state index contributed by atoms with van der Waals surface area (Å²) in [4.78, 5) is 25.8. The first kappa shape index (κ1) is 18.8. The number of hydrogen-bond acceptors (Lipinski definition) is 4. The van der Waals surface area contributed by atoms with E-state index in [1.807, 2.05) is 49.3 Å². The van der Waals surface area contributed by atoms with Crippen molar-refractivity contribution < 1.29 is 14.3 Å². The minimum atomic E-state index is -0.370. The molecular formula is C18H20BrN3O3. The fourth-order valence-corrected chi connectivity index (χ4v) is 2.38. The molecule has 0 bridgehead atoms. The molecular weight excluding hydrogens is 386 g/mol. The van der Waals surface area contributed by atoms with Gasteiger partial charge < -0.3 is 9.64 Å². The van der Waals surface area contributed by atoms with E-state index in [-0.39, 0.29) is 24.8 Å². The maximum absolute atomic E-state index is 12.1. The van der Waals surface area contributed by atoms with Gasteiger partial charge in [-0.2, -0.15) is 0 Å². The Morgan fingerprint density at radius 1 is 1.08 bits per heavy atom. The average molecular weight is 406 g/mol. The van der Waals surface area contributed by atoms with Gasteiger partial charge in [-0.15, -0.1) is 0 Å². The number of nitrogens with zero attached hydrogens (tertiary/aromatic N) is 1. The first-order chi connectivity index (χ1) is 12.0. The third-order valence-electron chi connectivity index (χ3n) is 3.33. The minimum Gasteiger partial charge on any atom is -0.493 e. The molecule has 2 aromatic carbocycles. The minimum absolute atomic E-state index is 0.129. The van der Waals surface area contributed by atoms with Crippen molar-refractivity contribution in [3.05, 3.63) is 58.6 Å². The molecule has 0 heterocycles. The van der Waals surface area contributed by atoms with Crippen molar-refractivity contribution in [3.63, 3.8) is 0 Å². The van der Waals surface area contributed by atoms with Gasteiger partial charge in [0.1, 0.15) is 5.75 Å². The molecule has 0 aliphatic carbocycles. The molecule has 2 aromatic rings. The van der Waals surface area contributed by atoms with Crippen molar-refractivity contribution in [3.8, 4) is 5.75 Å². The lowest BCUT2D eigenvalue weighted by molar-refractivity contribution is -0.122. The van der Waals surface area contributed by atoms with Gasteiger partial charge in [-0.25, -0.2) is 0 Å². The van der Waals surface area contributed by atoms with E-state index in [1.165, 1.54) is 0 Å². The first-order valence-electron chi connectivity index (χ1n) is 7.70. The molecule has 0 aliphatic heterocycles. The Morgan fingerprint density at radius 2 is 1.84 bits per heavy atom. The Hall–Kier alpha value is -2.54. The van der Waals surface area contributed by atoms with Crippen LogP contribution in [0.5, 0.6) is 5.75 Å². The summed E-state index contributed by atoms with van der Waals surface area (Å²) in [6, 6.07) is 14.5. The Kier molecular flexibility index (Phi) is 6.82. The van der Waals surface area contributed by atoms with E-state index in [4.69, 9.17) is 4.74 Å². The molecule has 0 spiro atoms. The quantitative estimate of drug-likeness (QED) is 0.724. The third kappa shape index (κ3) is 6.11. The van der Waals surface area contributed by atoms with Crippen molar-refractivity contribution in [2.45, 2.75) is 6.42 Å². The van der Waals surface area contributed by atoms with Crippen LogP contribution in [0.25, 0.3) is 0 Å². The molecule has 0 unspecified atom stereocenters. The van der Waals surface area contributed by atoms with Crippen molar-refractivity contribution in [2.75, 3.05) is 25.6 Å². The van der Waals surface area contributed by atoms with E-state index in [2.05, 4.69) is 26.8 Å². The first-order valence-corrected chi connectivity index (χ1v) is 8.50. The smallest absolute Gasteiger partial charge is 0.269 e. The average Bonchev–Trinajstić information content (AvgIpc) is 2.60. The van der Waals surface area contributed by atoms with E-state index < -0.39 is 0 Å². The lowest BCUT2D eigenvalue weighted by Gasteiger charge is -2.13. The zero-order valence-electron chi connectivity index (χ0n) is 14.1. The summed E-state index contributed by atoms with van der Waals surface area (Å²) in [7, 11) is 3.79. The number of benzene rings is 2. The van der Waals surface area contributed by atoms with Crippen molar-refractivity contribution in [2.24, 2.45) is 0 Å². The van der Waals surface area contributed by atoms with Crippen molar-refractivity contribution in [1.29, 1.82) is 0 Å². The molecule has 0 aromatic heterocycles. The van der Waals surface area contributed by atoms with Crippen molar-refractivity contribution >= 4 is 33.4 Å². The number of rotatable bonds is 6. The van der Waals surface area contributed by atoms with Crippen LogP contribution in [0.1, 0.15) is 16.8 Å². The van der Waals surface area contributed by atoms with E-state index in [0.717, 1.165) is 10.2 Å². The number of hydrogen-bond donors (Lipinski definition) is 2. The second kappa shape index (κ2) is 9.08. The highest BCUT2D eigenvalue weighted by atomic mass is 79.9. The number of carbonyl (C=O) groups is 2. The summed E-state index contributed by atoms with van der Waals surface area (Å²) in [5.74, 6) is -0.0243. The number of amides is 2. The van der Waals surface area contributed by atoms with Gasteiger partial charge in [0.2, 0.25) is 5.91 Å². The maximum atomic E-state index is 12.1. The van der Waals surface area contributed by atoms with Gasteiger partial charge in [-0.05, 0) is 36.4 Å². The summed E-state index contributed by atoms with van der Waals surface area (Å²) >= 11 is 3.35. The fourth-order valence-electron chi connectivity index (χ4n) is 2.00. The zero-order chi connectivity index (χ0) is 18.2. The molecule has 25 heavy (non-hydrogen) atoms. The highest BCUT2D eigenvalue weighted by Gasteiger charge is 2.09. The molecule has 0 saturated carbocycles. The van der Waals surface area contributed by atoms with E-state index >= 15 is 0 Å². The number of halogens is 1. The largest absolute Gasteiger partial charge is 0.493 e. The van der Waals surface area contributed by atoms with Crippen LogP contribution in [0.3, 0.4) is 0 Å². The monoisotopic (exact) mass is 405 g/mol. The van der Waals surface area contributed by atoms with Gasteiger partial charge in [0.25, 0.3) is 5.91 Å². The molecule has 0 aliphatic rings. The van der Waals surface area contributed by atoms with Crippen LogP contribution < -0.4 is 20.5 Å². The Bertz CT molecular complexity index is 750. The third-order valence-corrected chi connectivity index (χ3v) is 3.83. The number of hydrazine groups is 1. The van der Waals surface area contributed by atoms with E-state index in [0.29, 0.717) is 11.3 Å². The van der Waals surface area contributed by atoms with Gasteiger partial charge in [0, 0.05) is 29.8 Å². The van der Waals surface area contributed by atoms with E-state index in [9.17, 15) is 9.59 Å². The predicted octanol–water partition coefficient (Wildman–Crippen LogP) is 2.75. The highest BCUT2D eigenvalue weighted by Crippen LogP contribution is 2.17. The Balaban J connectivity index is 1.76. The van der Waals surface area contributed by atoms with Crippen LogP contribution in [-0.4, -0.2) is 32.5 Å². The molecule has 132 valence electrons. The standard InChI is InChI=1S/C18H20BrN3O3/c1-22(2)15-7-3-5-13(11-15)18(24)21-20-17(23)9-10-25-16-8-4-6-14(19)12-16/h3-8,11-12H,9-10H2,1-2H3,(H,20,23)(H,21,24). The number of nitrogens with one attached hydrogen (secondary N) is 2. The second-order valence-corrected chi connectivity index (χ2v) is 6.42. The molecule has 0 atom stereocenters. The van der Waals surface area contributed by atoms with Crippen LogP contribution in [0.2, 0.25) is 0 Å². The summed E-state index contributed by atoms with van der Waals surface area (Å²) < 4.78 is 6.39. The maximum Gasteiger partial charge on any atom is 0.269 e. The number of anilines is 1. The van der Waals surface area contributed by atoms with Gasteiger partial charge in [-0.1, -0.05) is 28.1 Å². The fraction of sp³-hybridized carbons (Fsp3) is 0.222. The van der Waals surface area contributed by atoms with Gasteiger partial charge in [0.05, 0.1) is 13.0 Å². The van der Waals surface area contributed by atoms with Gasteiger partial charge in [0.15, 0.2) is 0 Å².